The second-order valence-electron chi connectivity index (χ2n) is 7.83. The predicted octanol–water partition coefficient (Wildman–Crippen LogP) is 2.30. The van der Waals surface area contributed by atoms with Crippen LogP contribution in [0.3, 0.4) is 0 Å². The molecule has 0 unspecified atom stereocenters. The minimum absolute atomic E-state index is 0.0651. The first-order valence-corrected chi connectivity index (χ1v) is 10.6. The van der Waals surface area contributed by atoms with Gasteiger partial charge in [0.25, 0.3) is 11.8 Å². The Kier molecular flexibility index (Phi) is 6.66. The van der Waals surface area contributed by atoms with Crippen LogP contribution in [-0.4, -0.2) is 60.1 Å². The van der Waals surface area contributed by atoms with E-state index >= 15 is 0 Å². The van der Waals surface area contributed by atoms with E-state index < -0.39 is 36.2 Å². The molecule has 1 fully saturated rings. The van der Waals surface area contributed by atoms with Crippen molar-refractivity contribution in [2.45, 2.75) is 18.4 Å². The fourth-order valence-corrected chi connectivity index (χ4v) is 3.66. The first-order chi connectivity index (χ1) is 17.0. The van der Waals surface area contributed by atoms with Crippen LogP contribution in [0.25, 0.3) is 10.9 Å². The van der Waals surface area contributed by atoms with E-state index in [9.17, 15) is 27.6 Å². The number of alkyl halides is 3. The van der Waals surface area contributed by atoms with Crippen LogP contribution in [0.5, 0.6) is 0 Å². The Bertz CT molecular complexity index is 1320. The number of carbonyl (C=O) groups is 3. The Morgan fingerprint density at radius 1 is 1.19 bits per heavy atom. The molecule has 36 heavy (non-hydrogen) atoms. The lowest BCUT2D eigenvalue weighted by molar-refractivity contribution is -0.210. The fourth-order valence-electron chi connectivity index (χ4n) is 3.66. The number of rotatable bonds is 6. The molecule has 188 valence electrons. The average Bonchev–Trinajstić information content (AvgIpc) is 3.30. The topological polar surface area (TPSA) is 151 Å². The van der Waals surface area contributed by atoms with Crippen LogP contribution in [0.4, 0.5) is 24.5 Å². The fraction of sp³-hybridized carbons (Fsp3) is 0.217. The van der Waals surface area contributed by atoms with E-state index in [0.717, 1.165) is 10.9 Å². The van der Waals surface area contributed by atoms with Crippen LogP contribution >= 0.6 is 0 Å². The highest BCUT2D eigenvalue weighted by atomic mass is 19.4. The monoisotopic (exact) mass is 503 g/mol. The summed E-state index contributed by atoms with van der Waals surface area (Å²) in [6, 6.07) is 12.4. The summed E-state index contributed by atoms with van der Waals surface area (Å²) in [4.78, 5) is 42.1. The van der Waals surface area contributed by atoms with Gasteiger partial charge in [-0.3, -0.25) is 15.0 Å². The number of H-pyrrole nitrogens is 1. The van der Waals surface area contributed by atoms with E-state index in [0.29, 0.717) is 11.3 Å². The number of anilines is 2. The maximum atomic E-state index is 13.3. The van der Waals surface area contributed by atoms with Crippen molar-refractivity contribution in [3.63, 3.8) is 0 Å². The van der Waals surface area contributed by atoms with Crippen LogP contribution in [0.2, 0.25) is 0 Å². The summed E-state index contributed by atoms with van der Waals surface area (Å²) in [5, 5.41) is 10.6. The van der Waals surface area contributed by atoms with Crippen molar-refractivity contribution in [3.8, 4) is 0 Å². The molecule has 5 N–H and O–H groups in total. The lowest BCUT2D eigenvalue weighted by atomic mass is 10.1. The molecule has 0 bridgehead atoms. The van der Waals surface area contributed by atoms with Crippen molar-refractivity contribution in [1.29, 1.82) is 5.41 Å². The summed E-state index contributed by atoms with van der Waals surface area (Å²) in [5.41, 5.74) is 6.96. The Hall–Kier alpha value is -4.39. The molecule has 3 aromatic rings. The smallest absolute Gasteiger partial charge is 0.442 e. The zero-order chi connectivity index (χ0) is 26.0. The highest BCUT2D eigenvalue weighted by Crippen LogP contribution is 2.27. The number of amides is 2. The molecule has 13 heteroatoms. The number of benzene rings is 2. The largest absolute Gasteiger partial charge is 0.490 e. The third-order valence-corrected chi connectivity index (χ3v) is 5.43. The van der Waals surface area contributed by atoms with Gasteiger partial charge in [-0.15, -0.1) is 0 Å². The zero-order valence-corrected chi connectivity index (χ0v) is 18.5. The number of morpholine rings is 1. The molecule has 2 aromatic carbocycles. The molecule has 1 aromatic heterocycles. The summed E-state index contributed by atoms with van der Waals surface area (Å²) in [6.07, 6.45) is -7.77. The summed E-state index contributed by atoms with van der Waals surface area (Å²) < 4.78 is 48.7. The molecule has 10 nitrogen and oxygen atoms in total. The molecule has 2 heterocycles. The molecule has 2 amide bonds. The number of carbonyl (C=O) groups excluding carboxylic acids is 3. The van der Waals surface area contributed by atoms with Gasteiger partial charge < -0.3 is 30.4 Å². The number of aromatic amines is 1. The Balaban J connectivity index is 1.60. The number of nitrogens with zero attached hydrogens (tertiary/aromatic N) is 1. The number of nitrogens with two attached hydrogens (primary N) is 1. The molecule has 0 radical (unpaired) electrons. The SMILES string of the molecule is N=C(N)c1ccc(NC(=O)[C@H](OC(=O)C(F)(F)F)[C@H]2OCCN(c3ccc4cc[nH]c4c3)C2=O)cc1. The molecule has 1 aliphatic heterocycles. The van der Waals surface area contributed by atoms with Crippen molar-refractivity contribution < 1.29 is 37.0 Å². The number of nitrogen functional groups attached to an aromatic ring is 1. The first-order valence-electron chi connectivity index (χ1n) is 10.6. The average molecular weight is 503 g/mol. The maximum Gasteiger partial charge on any atom is 0.490 e. The van der Waals surface area contributed by atoms with Crippen molar-refractivity contribution in [2.75, 3.05) is 23.4 Å². The standard InChI is InChI=1S/C23H20F3N5O5/c24-23(25,26)22(34)36-17(20(32)30-14-4-1-13(2-5-14)19(27)28)18-21(33)31(9-10-35-18)15-6-3-12-7-8-29-16(12)11-15/h1-8,11,17-18,29H,9-10H2,(H3,27,28)(H,30,32)/t17-,18-/m1/s1. The van der Waals surface area contributed by atoms with Gasteiger partial charge in [0.05, 0.1) is 6.61 Å². The van der Waals surface area contributed by atoms with Gasteiger partial charge in [0.1, 0.15) is 5.84 Å². The minimum atomic E-state index is -5.41. The number of ether oxygens (including phenoxy) is 2. The van der Waals surface area contributed by atoms with Crippen LogP contribution < -0.4 is 16.0 Å². The van der Waals surface area contributed by atoms with Crippen molar-refractivity contribution in [2.24, 2.45) is 5.73 Å². The summed E-state index contributed by atoms with van der Waals surface area (Å²) >= 11 is 0. The van der Waals surface area contributed by atoms with E-state index in [-0.39, 0.29) is 24.7 Å². The summed E-state index contributed by atoms with van der Waals surface area (Å²) in [5.74, 6) is -4.93. The zero-order valence-electron chi connectivity index (χ0n) is 18.5. The number of aromatic nitrogens is 1. The Morgan fingerprint density at radius 3 is 2.58 bits per heavy atom. The normalized spacial score (nSPS) is 17.0. The van der Waals surface area contributed by atoms with Crippen LogP contribution in [0.15, 0.2) is 54.7 Å². The number of hydrogen-bond acceptors (Lipinski definition) is 6. The molecule has 2 atom stereocenters. The van der Waals surface area contributed by atoms with E-state index in [1.54, 1.807) is 24.4 Å². The molecule has 0 spiro atoms. The van der Waals surface area contributed by atoms with E-state index in [2.05, 4.69) is 15.0 Å². The molecular formula is C23H20F3N5O5. The first kappa shape index (κ1) is 24.7. The number of halogens is 3. The van der Waals surface area contributed by atoms with Crippen molar-refractivity contribution in [3.05, 3.63) is 60.3 Å². The molecule has 4 rings (SSSR count). The highest BCUT2D eigenvalue weighted by Gasteiger charge is 2.48. The van der Waals surface area contributed by atoms with Crippen molar-refractivity contribution in [1.82, 2.24) is 4.98 Å². The van der Waals surface area contributed by atoms with E-state index in [1.165, 1.54) is 29.2 Å². The third kappa shape index (κ3) is 5.15. The van der Waals surface area contributed by atoms with Gasteiger partial charge in [-0.1, -0.05) is 6.07 Å². The molecular weight excluding hydrogens is 483 g/mol. The van der Waals surface area contributed by atoms with Gasteiger partial charge in [0.2, 0.25) is 6.10 Å². The Labute approximate surface area is 201 Å². The van der Waals surface area contributed by atoms with Gasteiger partial charge in [-0.25, -0.2) is 4.79 Å². The van der Waals surface area contributed by atoms with E-state index in [1.807, 2.05) is 6.07 Å². The third-order valence-electron chi connectivity index (χ3n) is 5.43. The Morgan fingerprint density at radius 2 is 1.92 bits per heavy atom. The van der Waals surface area contributed by atoms with Crippen LogP contribution in [0.1, 0.15) is 5.56 Å². The minimum Gasteiger partial charge on any atom is -0.442 e. The molecule has 0 saturated carbocycles. The number of fused-ring (bicyclic) bond motifs is 1. The lowest BCUT2D eigenvalue weighted by Gasteiger charge is -2.35. The number of amidine groups is 1. The van der Waals surface area contributed by atoms with Gasteiger partial charge in [-0.2, -0.15) is 13.2 Å². The van der Waals surface area contributed by atoms with E-state index in [4.69, 9.17) is 15.9 Å². The second-order valence-corrected chi connectivity index (χ2v) is 7.83. The molecule has 1 saturated heterocycles. The molecule has 0 aliphatic carbocycles. The lowest BCUT2D eigenvalue weighted by Crippen LogP contribution is -2.57. The molecule has 1 aliphatic rings. The maximum absolute atomic E-state index is 13.3. The number of hydrogen-bond donors (Lipinski definition) is 4. The summed E-state index contributed by atoms with van der Waals surface area (Å²) in [7, 11) is 0. The second kappa shape index (κ2) is 9.70. The van der Waals surface area contributed by atoms with Crippen LogP contribution in [0, 0.1) is 5.41 Å². The predicted molar refractivity (Wildman–Crippen MR) is 122 cm³/mol. The quantitative estimate of drug-likeness (QED) is 0.230. The van der Waals surface area contributed by atoms with Gasteiger partial charge in [0.15, 0.2) is 6.10 Å². The highest BCUT2D eigenvalue weighted by molar-refractivity contribution is 6.05. The number of esters is 1. The number of nitrogens with one attached hydrogen (secondary N) is 3. The van der Waals surface area contributed by atoms with Gasteiger partial charge in [0, 0.05) is 35.2 Å². The van der Waals surface area contributed by atoms with Gasteiger partial charge in [-0.05, 0) is 47.9 Å². The summed E-state index contributed by atoms with van der Waals surface area (Å²) in [6.45, 7) is -0.0601. The van der Waals surface area contributed by atoms with Gasteiger partial charge >= 0.3 is 12.1 Å². The van der Waals surface area contributed by atoms with Crippen LogP contribution in [-0.2, 0) is 23.9 Å². The van der Waals surface area contributed by atoms with Crippen molar-refractivity contribution >= 4 is 45.9 Å².